The fraction of sp³-hybridized carbons (Fsp3) is 0.500. The van der Waals surface area contributed by atoms with Gasteiger partial charge in [0.25, 0.3) is 0 Å². The van der Waals surface area contributed by atoms with Crippen molar-refractivity contribution in [3.05, 3.63) is 29.1 Å². The van der Waals surface area contributed by atoms with Gasteiger partial charge in [-0.1, -0.05) is 11.8 Å². The number of hydrogen-bond donors (Lipinski definition) is 0. The molecule has 0 fully saturated rings. The molecule has 1 heterocycles. The van der Waals surface area contributed by atoms with Gasteiger partial charge in [0.2, 0.25) is 0 Å². The second-order valence-electron chi connectivity index (χ2n) is 5.85. The first-order valence-corrected chi connectivity index (χ1v) is 6.75. The van der Waals surface area contributed by atoms with Crippen LogP contribution in [0.5, 0.6) is 0 Å². The maximum absolute atomic E-state index is 13.7. The first kappa shape index (κ1) is 15.7. The van der Waals surface area contributed by atoms with E-state index >= 15 is 0 Å². The molecule has 0 saturated heterocycles. The number of fused-ring (bicyclic) bond motifs is 1. The van der Waals surface area contributed by atoms with Gasteiger partial charge in [-0.25, -0.2) is 4.39 Å². The van der Waals surface area contributed by atoms with Crippen molar-refractivity contribution in [1.82, 2.24) is 0 Å². The summed E-state index contributed by atoms with van der Waals surface area (Å²) in [5.41, 5.74) is -0.216. The van der Waals surface area contributed by atoms with Crippen LogP contribution in [0.25, 0.3) is 0 Å². The molecule has 21 heavy (non-hydrogen) atoms. The van der Waals surface area contributed by atoms with Gasteiger partial charge in [-0.3, -0.25) is 0 Å². The van der Waals surface area contributed by atoms with Gasteiger partial charge in [-0.2, -0.15) is 13.2 Å². The first-order chi connectivity index (χ1) is 9.62. The van der Waals surface area contributed by atoms with Gasteiger partial charge in [-0.05, 0) is 44.4 Å². The van der Waals surface area contributed by atoms with Gasteiger partial charge < -0.3 is 4.90 Å². The van der Waals surface area contributed by atoms with E-state index in [0.29, 0.717) is 12.0 Å². The monoisotopic (exact) mass is 299 g/mol. The third kappa shape index (κ3) is 3.15. The Bertz CT molecular complexity index is 605. The van der Waals surface area contributed by atoms with E-state index in [1.54, 1.807) is 0 Å². The molecule has 2 rings (SSSR count). The Morgan fingerprint density at radius 3 is 2.48 bits per heavy atom. The molecule has 1 nitrogen and oxygen atoms in total. The van der Waals surface area contributed by atoms with Crippen LogP contribution in [-0.4, -0.2) is 19.8 Å². The highest BCUT2D eigenvalue weighted by Crippen LogP contribution is 2.37. The standard InChI is InChI=1S/C16H17F4N/c1-15(2,16(18,19)20)7-6-11-9-12(17)10-14-13(11)5-4-8-21(14)3/h9-10H,4-5,8H2,1-3H3. The zero-order valence-corrected chi connectivity index (χ0v) is 12.2. The Labute approximate surface area is 121 Å². The average molecular weight is 299 g/mol. The van der Waals surface area contributed by atoms with Crippen molar-refractivity contribution in [3.63, 3.8) is 0 Å². The molecular formula is C16H17F4N. The number of rotatable bonds is 0. The van der Waals surface area contributed by atoms with Crippen LogP contribution in [0.15, 0.2) is 12.1 Å². The van der Waals surface area contributed by atoms with E-state index in [-0.39, 0.29) is 0 Å². The summed E-state index contributed by atoms with van der Waals surface area (Å²) in [6.07, 6.45) is -2.83. The van der Waals surface area contributed by atoms with Crippen LogP contribution < -0.4 is 4.90 Å². The zero-order valence-electron chi connectivity index (χ0n) is 12.2. The van der Waals surface area contributed by atoms with Crippen molar-refractivity contribution in [2.45, 2.75) is 32.9 Å². The topological polar surface area (TPSA) is 3.24 Å². The van der Waals surface area contributed by atoms with E-state index in [1.807, 2.05) is 11.9 Å². The fourth-order valence-electron chi connectivity index (χ4n) is 2.25. The van der Waals surface area contributed by atoms with Gasteiger partial charge in [0, 0.05) is 24.8 Å². The lowest BCUT2D eigenvalue weighted by molar-refractivity contribution is -0.190. The normalized spacial score (nSPS) is 15.3. The van der Waals surface area contributed by atoms with Gasteiger partial charge >= 0.3 is 6.18 Å². The van der Waals surface area contributed by atoms with Crippen LogP contribution in [0.1, 0.15) is 31.4 Å². The van der Waals surface area contributed by atoms with Crippen LogP contribution in [-0.2, 0) is 6.42 Å². The van der Waals surface area contributed by atoms with Crippen molar-refractivity contribution < 1.29 is 17.6 Å². The molecule has 1 aliphatic heterocycles. The average Bonchev–Trinajstić information content (AvgIpc) is 2.36. The van der Waals surface area contributed by atoms with E-state index in [4.69, 9.17) is 0 Å². The minimum absolute atomic E-state index is 0.355. The molecule has 0 aromatic heterocycles. The lowest BCUT2D eigenvalue weighted by atomic mass is 9.91. The Morgan fingerprint density at radius 2 is 1.86 bits per heavy atom. The summed E-state index contributed by atoms with van der Waals surface area (Å²) in [5.74, 6) is 4.32. The summed E-state index contributed by atoms with van der Waals surface area (Å²) < 4.78 is 52.2. The summed E-state index contributed by atoms with van der Waals surface area (Å²) >= 11 is 0. The Balaban J connectivity index is 2.48. The lowest BCUT2D eigenvalue weighted by Crippen LogP contribution is -2.30. The smallest absolute Gasteiger partial charge is 0.374 e. The van der Waals surface area contributed by atoms with Crippen LogP contribution >= 0.6 is 0 Å². The molecule has 114 valence electrons. The lowest BCUT2D eigenvalue weighted by Gasteiger charge is -2.28. The number of nitrogens with zero attached hydrogens (tertiary/aromatic N) is 1. The van der Waals surface area contributed by atoms with Crippen molar-refractivity contribution in [2.75, 3.05) is 18.5 Å². The molecule has 0 radical (unpaired) electrons. The molecule has 0 spiro atoms. The van der Waals surface area contributed by atoms with Crippen LogP contribution in [0, 0.1) is 23.1 Å². The SMILES string of the molecule is CN1CCCc2c(C#CC(C)(C)C(F)(F)F)cc(F)cc21. The maximum Gasteiger partial charge on any atom is 0.404 e. The minimum Gasteiger partial charge on any atom is -0.374 e. The number of alkyl halides is 3. The first-order valence-electron chi connectivity index (χ1n) is 6.75. The predicted octanol–water partition coefficient (Wildman–Crippen LogP) is 4.15. The molecule has 0 bridgehead atoms. The Kier molecular flexibility index (Phi) is 3.92. The van der Waals surface area contributed by atoms with Crippen molar-refractivity contribution >= 4 is 5.69 Å². The second-order valence-corrected chi connectivity index (χ2v) is 5.85. The molecule has 5 heteroatoms. The third-order valence-electron chi connectivity index (χ3n) is 3.74. The maximum atomic E-state index is 13.7. The highest BCUT2D eigenvalue weighted by Gasteiger charge is 2.46. The highest BCUT2D eigenvalue weighted by atomic mass is 19.4. The summed E-state index contributed by atoms with van der Waals surface area (Å²) in [6.45, 7) is 2.85. The minimum atomic E-state index is -4.41. The third-order valence-corrected chi connectivity index (χ3v) is 3.74. The van der Waals surface area contributed by atoms with Gasteiger partial charge in [0.1, 0.15) is 11.2 Å². The summed E-state index contributed by atoms with van der Waals surface area (Å²) in [5, 5.41) is 0. The quantitative estimate of drug-likeness (QED) is 0.514. The molecule has 0 aliphatic carbocycles. The summed E-state index contributed by atoms with van der Waals surface area (Å²) in [6, 6.07) is 2.63. The molecule has 0 atom stereocenters. The van der Waals surface area contributed by atoms with E-state index in [1.165, 1.54) is 12.1 Å². The van der Waals surface area contributed by atoms with E-state index < -0.39 is 17.4 Å². The number of hydrogen-bond acceptors (Lipinski definition) is 1. The van der Waals surface area contributed by atoms with Gasteiger partial charge in [0.15, 0.2) is 0 Å². The largest absolute Gasteiger partial charge is 0.404 e. The number of halogens is 4. The molecule has 0 amide bonds. The van der Waals surface area contributed by atoms with Gasteiger partial charge in [-0.15, -0.1) is 0 Å². The molecular weight excluding hydrogens is 282 g/mol. The molecule has 1 aromatic rings. The van der Waals surface area contributed by atoms with E-state index in [9.17, 15) is 17.6 Å². The predicted molar refractivity (Wildman–Crippen MR) is 74.7 cm³/mol. The molecule has 0 N–H and O–H groups in total. The zero-order chi connectivity index (χ0) is 15.8. The van der Waals surface area contributed by atoms with Crippen LogP contribution in [0.2, 0.25) is 0 Å². The van der Waals surface area contributed by atoms with Crippen LogP contribution in [0.3, 0.4) is 0 Å². The number of anilines is 1. The molecule has 1 aliphatic rings. The van der Waals surface area contributed by atoms with Crippen molar-refractivity contribution in [3.8, 4) is 11.8 Å². The second kappa shape index (κ2) is 5.25. The summed E-state index contributed by atoms with van der Waals surface area (Å²) in [4.78, 5) is 1.90. The highest BCUT2D eigenvalue weighted by molar-refractivity contribution is 5.62. The molecule has 0 unspecified atom stereocenters. The van der Waals surface area contributed by atoms with E-state index in [0.717, 1.165) is 38.1 Å². The molecule has 1 aromatic carbocycles. The van der Waals surface area contributed by atoms with Crippen LogP contribution in [0.4, 0.5) is 23.2 Å². The summed E-state index contributed by atoms with van der Waals surface area (Å²) in [7, 11) is 1.84. The van der Waals surface area contributed by atoms with Crippen molar-refractivity contribution in [1.29, 1.82) is 0 Å². The molecule has 0 saturated carbocycles. The number of benzene rings is 1. The van der Waals surface area contributed by atoms with Crippen molar-refractivity contribution in [2.24, 2.45) is 5.41 Å². The van der Waals surface area contributed by atoms with E-state index in [2.05, 4.69) is 11.8 Å². The Morgan fingerprint density at radius 1 is 1.19 bits per heavy atom. The Hall–Kier alpha value is -1.70. The van der Waals surface area contributed by atoms with Gasteiger partial charge in [0.05, 0.1) is 0 Å². The fourth-order valence-corrected chi connectivity index (χ4v) is 2.25.